The second-order valence-corrected chi connectivity index (χ2v) is 5.79. The summed E-state index contributed by atoms with van der Waals surface area (Å²) in [4.78, 5) is 28.6. The lowest BCUT2D eigenvalue weighted by Gasteiger charge is -2.26. The van der Waals surface area contributed by atoms with Crippen molar-refractivity contribution in [3.63, 3.8) is 0 Å². The third kappa shape index (κ3) is 7.46. The molecular weight excluding hydrogens is 270 g/mol. The smallest absolute Gasteiger partial charge is 0.434 e. The molecule has 0 unspecified atom stereocenters. The lowest BCUT2D eigenvalue weighted by atomic mass is 10.2. The third-order valence-corrected chi connectivity index (χ3v) is 2.49. The van der Waals surface area contributed by atoms with Crippen molar-refractivity contribution in [1.82, 2.24) is 5.06 Å². The van der Waals surface area contributed by atoms with Gasteiger partial charge in [0.25, 0.3) is 0 Å². The van der Waals surface area contributed by atoms with Crippen LogP contribution in [0.25, 0.3) is 0 Å². The highest BCUT2D eigenvalue weighted by atomic mass is 16.7. The summed E-state index contributed by atoms with van der Waals surface area (Å²) in [6, 6.07) is 9.50. The van der Waals surface area contributed by atoms with Crippen LogP contribution in [-0.4, -0.2) is 29.1 Å². The first kappa shape index (κ1) is 17.2. The van der Waals surface area contributed by atoms with E-state index in [4.69, 9.17) is 9.57 Å². The number of nitrogens with zero attached hydrogens (tertiary/aromatic N) is 1. The van der Waals surface area contributed by atoms with Gasteiger partial charge in [-0.3, -0.25) is 9.63 Å². The molecule has 0 fully saturated rings. The Morgan fingerprint density at radius 3 is 2.29 bits per heavy atom. The number of carbonyl (C=O) groups excluding carboxylic acids is 2. The van der Waals surface area contributed by atoms with E-state index in [-0.39, 0.29) is 25.4 Å². The van der Waals surface area contributed by atoms with Crippen LogP contribution >= 0.6 is 0 Å². The minimum absolute atomic E-state index is 0.00753. The van der Waals surface area contributed by atoms with Gasteiger partial charge in [-0.15, -0.1) is 0 Å². The van der Waals surface area contributed by atoms with Crippen LogP contribution in [0.3, 0.4) is 0 Å². The van der Waals surface area contributed by atoms with Crippen LogP contribution in [0, 0.1) is 0 Å². The van der Waals surface area contributed by atoms with Crippen LogP contribution in [-0.2, 0) is 21.0 Å². The van der Waals surface area contributed by atoms with Crippen molar-refractivity contribution in [3.8, 4) is 0 Å². The Kier molecular flexibility index (Phi) is 6.37. The first-order valence-corrected chi connectivity index (χ1v) is 6.95. The summed E-state index contributed by atoms with van der Waals surface area (Å²) in [6.45, 7) is 7.25. The molecule has 0 radical (unpaired) electrons. The largest absolute Gasteiger partial charge is 0.442 e. The number of carbonyl (C=O) groups is 2. The fourth-order valence-corrected chi connectivity index (χ4v) is 1.51. The number of ether oxygens (including phenoxy) is 1. The minimum atomic E-state index is -0.609. The van der Waals surface area contributed by atoms with Crippen LogP contribution in [0.5, 0.6) is 0 Å². The zero-order valence-corrected chi connectivity index (χ0v) is 13.1. The predicted octanol–water partition coefficient (Wildman–Crippen LogP) is 3.33. The van der Waals surface area contributed by atoms with Crippen LogP contribution < -0.4 is 0 Å². The highest BCUT2D eigenvalue weighted by Gasteiger charge is 2.23. The number of ketones is 1. The van der Waals surface area contributed by atoms with Gasteiger partial charge in [-0.05, 0) is 33.3 Å². The first-order chi connectivity index (χ1) is 9.78. The van der Waals surface area contributed by atoms with Gasteiger partial charge in [-0.2, -0.15) is 5.06 Å². The van der Waals surface area contributed by atoms with Crippen molar-refractivity contribution in [2.24, 2.45) is 0 Å². The molecule has 5 heteroatoms. The highest BCUT2D eigenvalue weighted by molar-refractivity contribution is 5.76. The topological polar surface area (TPSA) is 55.8 Å². The second-order valence-electron chi connectivity index (χ2n) is 5.79. The van der Waals surface area contributed by atoms with Crippen LogP contribution in [0.2, 0.25) is 0 Å². The molecule has 1 amide bonds. The zero-order valence-electron chi connectivity index (χ0n) is 13.1. The normalized spacial score (nSPS) is 11.0. The minimum Gasteiger partial charge on any atom is -0.442 e. The number of rotatable bonds is 6. The van der Waals surface area contributed by atoms with Crippen LogP contribution in [0.4, 0.5) is 4.79 Å². The maximum absolute atomic E-state index is 12.1. The van der Waals surface area contributed by atoms with E-state index in [0.29, 0.717) is 0 Å². The summed E-state index contributed by atoms with van der Waals surface area (Å²) in [5.74, 6) is -0.00753. The number of benzene rings is 1. The molecule has 1 rings (SSSR count). The number of hydrogen-bond donors (Lipinski definition) is 0. The molecule has 0 aliphatic heterocycles. The Morgan fingerprint density at radius 1 is 1.14 bits per heavy atom. The molecule has 5 nitrogen and oxygen atoms in total. The Labute approximate surface area is 125 Å². The SMILES string of the molecule is CC(=O)CCN(OCc1ccccc1)C(=O)OC(C)(C)C. The molecule has 0 N–H and O–H groups in total. The predicted molar refractivity (Wildman–Crippen MR) is 79.5 cm³/mol. The maximum atomic E-state index is 12.1. The quantitative estimate of drug-likeness (QED) is 0.755. The van der Waals surface area contributed by atoms with Crippen molar-refractivity contribution in [2.45, 2.75) is 46.3 Å². The van der Waals surface area contributed by atoms with Gasteiger partial charge in [0, 0.05) is 6.42 Å². The molecule has 116 valence electrons. The molecule has 0 aromatic heterocycles. The molecule has 0 aliphatic rings. The molecule has 0 atom stereocenters. The molecule has 0 spiro atoms. The van der Waals surface area contributed by atoms with Gasteiger partial charge in [0.05, 0.1) is 6.54 Å². The third-order valence-electron chi connectivity index (χ3n) is 2.49. The number of amides is 1. The molecule has 0 saturated carbocycles. The van der Waals surface area contributed by atoms with Crippen molar-refractivity contribution in [3.05, 3.63) is 35.9 Å². The number of hydroxylamine groups is 2. The number of hydrogen-bond acceptors (Lipinski definition) is 4. The summed E-state index contributed by atoms with van der Waals surface area (Å²) in [5, 5.41) is 1.11. The summed E-state index contributed by atoms with van der Waals surface area (Å²) in [6.07, 6.45) is -0.353. The van der Waals surface area contributed by atoms with Crippen molar-refractivity contribution in [2.75, 3.05) is 6.54 Å². The van der Waals surface area contributed by atoms with Gasteiger partial charge in [0.1, 0.15) is 18.0 Å². The molecule has 0 saturated heterocycles. The van der Waals surface area contributed by atoms with Gasteiger partial charge >= 0.3 is 6.09 Å². The van der Waals surface area contributed by atoms with Gasteiger partial charge in [0.15, 0.2) is 0 Å². The molecule has 0 bridgehead atoms. The fourth-order valence-electron chi connectivity index (χ4n) is 1.51. The lowest BCUT2D eigenvalue weighted by Crippen LogP contribution is -2.37. The van der Waals surface area contributed by atoms with E-state index in [1.807, 2.05) is 30.3 Å². The van der Waals surface area contributed by atoms with Crippen molar-refractivity contribution >= 4 is 11.9 Å². The van der Waals surface area contributed by atoms with E-state index in [1.54, 1.807) is 20.8 Å². The Balaban J connectivity index is 2.63. The highest BCUT2D eigenvalue weighted by Crippen LogP contribution is 2.12. The molecule has 21 heavy (non-hydrogen) atoms. The van der Waals surface area contributed by atoms with Crippen LogP contribution in [0.1, 0.15) is 39.7 Å². The van der Waals surface area contributed by atoms with Crippen molar-refractivity contribution < 1.29 is 19.2 Å². The summed E-state index contributed by atoms with van der Waals surface area (Å²) in [7, 11) is 0. The van der Waals surface area contributed by atoms with Crippen molar-refractivity contribution in [1.29, 1.82) is 0 Å². The van der Waals surface area contributed by atoms with E-state index in [2.05, 4.69) is 0 Å². The van der Waals surface area contributed by atoms with E-state index in [9.17, 15) is 9.59 Å². The Hall–Kier alpha value is -1.88. The second kappa shape index (κ2) is 7.78. The van der Waals surface area contributed by atoms with Gasteiger partial charge in [-0.25, -0.2) is 4.79 Å². The van der Waals surface area contributed by atoms with E-state index >= 15 is 0 Å². The zero-order chi connectivity index (χ0) is 15.9. The summed E-state index contributed by atoms with van der Waals surface area (Å²) < 4.78 is 5.27. The maximum Gasteiger partial charge on any atom is 0.434 e. The van der Waals surface area contributed by atoms with Gasteiger partial charge in [0.2, 0.25) is 0 Å². The standard InChI is InChI=1S/C16H23NO4/c1-13(18)10-11-17(15(19)21-16(2,3)4)20-12-14-8-6-5-7-9-14/h5-9H,10-12H2,1-4H3. The van der Waals surface area contributed by atoms with Gasteiger partial charge in [-0.1, -0.05) is 30.3 Å². The average molecular weight is 293 g/mol. The van der Waals surface area contributed by atoms with E-state index in [1.165, 1.54) is 6.92 Å². The molecular formula is C16H23NO4. The van der Waals surface area contributed by atoms with E-state index in [0.717, 1.165) is 10.6 Å². The molecule has 0 aliphatic carbocycles. The summed E-state index contributed by atoms with van der Waals surface area (Å²) >= 11 is 0. The Bertz CT molecular complexity index is 465. The lowest BCUT2D eigenvalue weighted by molar-refractivity contribution is -0.158. The fraction of sp³-hybridized carbons (Fsp3) is 0.500. The molecule has 1 aromatic rings. The van der Waals surface area contributed by atoms with Gasteiger partial charge < -0.3 is 4.74 Å². The monoisotopic (exact) mass is 293 g/mol. The Morgan fingerprint density at radius 2 is 1.76 bits per heavy atom. The average Bonchev–Trinajstić information content (AvgIpc) is 2.37. The number of Topliss-reactive ketones (excluding diaryl/α,β-unsaturated/α-hetero) is 1. The molecule has 1 aromatic carbocycles. The van der Waals surface area contributed by atoms with Crippen LogP contribution in [0.15, 0.2) is 30.3 Å². The van der Waals surface area contributed by atoms with E-state index < -0.39 is 11.7 Å². The summed E-state index contributed by atoms with van der Waals surface area (Å²) in [5.41, 5.74) is 0.329. The molecule has 0 heterocycles. The first-order valence-electron chi connectivity index (χ1n) is 6.95.